The zero-order chi connectivity index (χ0) is 14.9. The smallest absolute Gasteiger partial charge is 0.240 e. The highest BCUT2D eigenvalue weighted by Gasteiger charge is 2.27. The third kappa shape index (κ3) is 3.52. The predicted octanol–water partition coefficient (Wildman–Crippen LogP) is 1.79. The predicted molar refractivity (Wildman–Crippen MR) is 84.0 cm³/mol. The molecule has 1 aliphatic rings. The van der Waals surface area contributed by atoms with E-state index in [0.29, 0.717) is 16.2 Å². The number of sulfonamides is 1. The van der Waals surface area contributed by atoms with Gasteiger partial charge in [0.1, 0.15) is 0 Å². The van der Waals surface area contributed by atoms with Gasteiger partial charge >= 0.3 is 0 Å². The number of likely N-dealkylation sites (tertiary alicyclic amines) is 1. The first kappa shape index (κ1) is 15.8. The number of benzene rings is 1. The summed E-state index contributed by atoms with van der Waals surface area (Å²) in [7, 11) is -1.43. The van der Waals surface area contributed by atoms with Crippen LogP contribution < -0.4 is 10.5 Å². The van der Waals surface area contributed by atoms with Crippen LogP contribution in [0.4, 0.5) is 5.69 Å². The number of nitrogen functional groups attached to an aromatic ring is 1. The number of nitrogens with one attached hydrogen (secondary N) is 1. The first-order chi connectivity index (χ1) is 9.29. The lowest BCUT2D eigenvalue weighted by atomic mass is 10.0. The maximum Gasteiger partial charge on any atom is 0.240 e. The van der Waals surface area contributed by atoms with Gasteiger partial charge in [-0.3, -0.25) is 0 Å². The molecule has 0 spiro atoms. The molecule has 5 nitrogen and oxygen atoms in total. The normalized spacial score (nSPS) is 24.8. The van der Waals surface area contributed by atoms with Crippen LogP contribution in [0, 0.1) is 0 Å². The minimum absolute atomic E-state index is 0.0115. The number of nitrogens with zero attached hydrogens (tertiary/aromatic N) is 1. The fraction of sp³-hybridized carbons (Fsp3) is 0.538. The van der Waals surface area contributed by atoms with E-state index in [1.165, 1.54) is 12.1 Å². The van der Waals surface area contributed by atoms with Crippen molar-refractivity contribution in [3.8, 4) is 0 Å². The Balaban J connectivity index is 2.13. The fourth-order valence-electron chi connectivity index (χ4n) is 2.36. The highest BCUT2D eigenvalue weighted by Crippen LogP contribution is 2.24. The van der Waals surface area contributed by atoms with Crippen molar-refractivity contribution in [2.24, 2.45) is 0 Å². The van der Waals surface area contributed by atoms with E-state index in [1.54, 1.807) is 6.07 Å². The lowest BCUT2D eigenvalue weighted by Crippen LogP contribution is -2.47. The molecule has 20 heavy (non-hydrogen) atoms. The Hall–Kier alpha value is -0.630. The lowest BCUT2D eigenvalue weighted by Gasteiger charge is -2.35. The largest absolute Gasteiger partial charge is 0.398 e. The van der Waals surface area contributed by atoms with Gasteiger partial charge in [-0.25, -0.2) is 13.1 Å². The SMILES string of the molecule is CC1CC(NS(=O)(=O)c2ccc(N)c(Br)c2)CCN1C. The summed E-state index contributed by atoms with van der Waals surface area (Å²) in [6.07, 6.45) is 1.65. The minimum Gasteiger partial charge on any atom is -0.398 e. The molecule has 1 aliphatic heterocycles. The third-order valence-electron chi connectivity index (χ3n) is 3.81. The highest BCUT2D eigenvalue weighted by atomic mass is 79.9. The number of halogens is 1. The highest BCUT2D eigenvalue weighted by molar-refractivity contribution is 9.10. The van der Waals surface area contributed by atoms with Crippen LogP contribution in [-0.4, -0.2) is 39.0 Å². The van der Waals surface area contributed by atoms with Crippen LogP contribution in [0.2, 0.25) is 0 Å². The Morgan fingerprint density at radius 2 is 2.15 bits per heavy atom. The quantitative estimate of drug-likeness (QED) is 0.804. The monoisotopic (exact) mass is 361 g/mol. The average molecular weight is 362 g/mol. The molecule has 0 radical (unpaired) electrons. The van der Waals surface area contributed by atoms with Crippen molar-refractivity contribution < 1.29 is 8.42 Å². The summed E-state index contributed by atoms with van der Waals surface area (Å²) in [6.45, 7) is 3.01. The van der Waals surface area contributed by atoms with Crippen LogP contribution >= 0.6 is 15.9 Å². The minimum atomic E-state index is -3.49. The molecule has 1 fully saturated rings. The average Bonchev–Trinajstić information content (AvgIpc) is 2.37. The molecule has 2 rings (SSSR count). The standard InChI is InChI=1S/C13H20BrN3O2S/c1-9-7-10(5-6-17(9)2)16-20(18,19)11-3-4-13(15)12(14)8-11/h3-4,8-10,16H,5-7,15H2,1-2H3. The summed E-state index contributed by atoms with van der Waals surface area (Å²) in [4.78, 5) is 2.48. The molecule has 1 aromatic carbocycles. The van der Waals surface area contributed by atoms with Crippen LogP contribution in [0.1, 0.15) is 19.8 Å². The van der Waals surface area contributed by atoms with Gasteiger partial charge in [-0.2, -0.15) is 0 Å². The number of piperidine rings is 1. The second-order valence-electron chi connectivity index (χ2n) is 5.36. The summed E-state index contributed by atoms with van der Waals surface area (Å²) in [5.41, 5.74) is 6.21. The molecule has 0 saturated carbocycles. The second-order valence-corrected chi connectivity index (χ2v) is 7.92. The Morgan fingerprint density at radius 3 is 2.75 bits per heavy atom. The van der Waals surface area contributed by atoms with Gasteiger partial charge in [-0.15, -0.1) is 0 Å². The van der Waals surface area contributed by atoms with Gasteiger partial charge in [0.15, 0.2) is 0 Å². The maximum absolute atomic E-state index is 12.4. The van der Waals surface area contributed by atoms with Gasteiger partial charge in [-0.1, -0.05) is 0 Å². The van der Waals surface area contributed by atoms with Crippen molar-refractivity contribution in [3.63, 3.8) is 0 Å². The van der Waals surface area contributed by atoms with Crippen molar-refractivity contribution >= 4 is 31.6 Å². The van der Waals surface area contributed by atoms with Crippen molar-refractivity contribution in [2.75, 3.05) is 19.3 Å². The Kier molecular flexibility index (Phi) is 4.73. The first-order valence-electron chi connectivity index (χ1n) is 6.57. The molecular formula is C13H20BrN3O2S. The number of anilines is 1. The van der Waals surface area contributed by atoms with E-state index in [-0.39, 0.29) is 10.9 Å². The molecule has 1 saturated heterocycles. The lowest BCUT2D eigenvalue weighted by molar-refractivity contribution is 0.178. The van der Waals surface area contributed by atoms with Crippen molar-refractivity contribution in [2.45, 2.75) is 36.7 Å². The summed E-state index contributed by atoms with van der Waals surface area (Å²) < 4.78 is 28.1. The van der Waals surface area contributed by atoms with Crippen LogP contribution in [-0.2, 0) is 10.0 Å². The van der Waals surface area contributed by atoms with Gasteiger partial charge in [0.05, 0.1) is 4.90 Å². The first-order valence-corrected chi connectivity index (χ1v) is 8.85. The van der Waals surface area contributed by atoms with Gasteiger partial charge in [0.25, 0.3) is 0 Å². The number of nitrogens with two attached hydrogens (primary N) is 1. The van der Waals surface area contributed by atoms with Gasteiger partial charge in [0, 0.05) is 22.2 Å². The van der Waals surface area contributed by atoms with E-state index in [9.17, 15) is 8.42 Å². The Bertz CT molecular complexity index is 591. The van der Waals surface area contributed by atoms with Crippen molar-refractivity contribution in [1.82, 2.24) is 9.62 Å². The molecule has 2 unspecified atom stereocenters. The molecular weight excluding hydrogens is 342 g/mol. The van der Waals surface area contributed by atoms with Gasteiger partial charge in [-0.05, 0) is 67.5 Å². The summed E-state index contributed by atoms with van der Waals surface area (Å²) in [5.74, 6) is 0. The van der Waals surface area contributed by atoms with E-state index in [0.717, 1.165) is 19.4 Å². The summed E-state index contributed by atoms with van der Waals surface area (Å²) in [6, 6.07) is 5.03. The maximum atomic E-state index is 12.4. The van der Waals surface area contributed by atoms with Crippen LogP contribution in [0.25, 0.3) is 0 Å². The van der Waals surface area contributed by atoms with Crippen LogP contribution in [0.3, 0.4) is 0 Å². The van der Waals surface area contributed by atoms with E-state index < -0.39 is 10.0 Å². The van der Waals surface area contributed by atoms with E-state index >= 15 is 0 Å². The Labute approximate surface area is 128 Å². The molecule has 1 heterocycles. The summed E-state index contributed by atoms with van der Waals surface area (Å²) >= 11 is 3.26. The third-order valence-corrected chi connectivity index (χ3v) is 6.02. The number of hydrogen-bond acceptors (Lipinski definition) is 4. The molecule has 3 N–H and O–H groups in total. The molecule has 0 amide bonds. The van der Waals surface area contributed by atoms with E-state index in [2.05, 4.69) is 39.5 Å². The fourth-order valence-corrected chi connectivity index (χ4v) is 4.20. The molecule has 0 aromatic heterocycles. The molecule has 0 aliphatic carbocycles. The molecule has 7 heteroatoms. The molecule has 2 atom stereocenters. The number of hydrogen-bond donors (Lipinski definition) is 2. The Morgan fingerprint density at radius 1 is 1.45 bits per heavy atom. The molecule has 0 bridgehead atoms. The molecule has 112 valence electrons. The zero-order valence-electron chi connectivity index (χ0n) is 11.6. The van der Waals surface area contributed by atoms with Gasteiger partial charge in [0.2, 0.25) is 10.0 Å². The summed E-state index contributed by atoms with van der Waals surface area (Å²) in [5, 5.41) is 0. The topological polar surface area (TPSA) is 75.4 Å². The van der Waals surface area contributed by atoms with Crippen LogP contribution in [0.15, 0.2) is 27.6 Å². The molecule has 1 aromatic rings. The van der Waals surface area contributed by atoms with E-state index in [4.69, 9.17) is 5.73 Å². The second kappa shape index (κ2) is 6.01. The van der Waals surface area contributed by atoms with Gasteiger partial charge < -0.3 is 10.6 Å². The number of rotatable bonds is 3. The van der Waals surface area contributed by atoms with Crippen molar-refractivity contribution in [1.29, 1.82) is 0 Å². The van der Waals surface area contributed by atoms with Crippen LogP contribution in [0.5, 0.6) is 0 Å². The van der Waals surface area contributed by atoms with Crippen molar-refractivity contribution in [3.05, 3.63) is 22.7 Å². The zero-order valence-corrected chi connectivity index (χ0v) is 14.0. The van der Waals surface area contributed by atoms with E-state index in [1.807, 2.05) is 0 Å².